The van der Waals surface area contributed by atoms with E-state index in [1.807, 2.05) is 18.0 Å². The van der Waals surface area contributed by atoms with E-state index in [0.29, 0.717) is 10.9 Å². The standard InChI is InChI=1S/C18H19NO4/c1-19-9-3-5-15(19)18(22)23-11-17(21)13-7-8-14-12(10-13)4-2-6-16(14)20/h2,4,6-8,10,15,20H,3,5,9,11H2,1H3/t15-/m0/s1. The molecule has 2 aromatic carbocycles. The Morgan fingerprint density at radius 1 is 1.30 bits per heavy atom. The lowest BCUT2D eigenvalue weighted by molar-refractivity contribution is -0.147. The summed E-state index contributed by atoms with van der Waals surface area (Å²) in [6.45, 7) is 0.620. The summed E-state index contributed by atoms with van der Waals surface area (Å²) in [5, 5.41) is 11.2. The van der Waals surface area contributed by atoms with Gasteiger partial charge in [0.05, 0.1) is 0 Å². The molecule has 0 radical (unpaired) electrons. The second kappa shape index (κ2) is 6.38. The zero-order valence-corrected chi connectivity index (χ0v) is 13.0. The van der Waals surface area contributed by atoms with Gasteiger partial charge >= 0.3 is 5.97 Å². The molecule has 23 heavy (non-hydrogen) atoms. The first-order valence-electron chi connectivity index (χ1n) is 7.68. The molecule has 1 N–H and O–H groups in total. The van der Waals surface area contributed by atoms with Crippen molar-refractivity contribution >= 4 is 22.5 Å². The molecule has 3 rings (SSSR count). The Morgan fingerprint density at radius 3 is 2.87 bits per heavy atom. The summed E-state index contributed by atoms with van der Waals surface area (Å²) < 4.78 is 5.17. The van der Waals surface area contributed by atoms with Crippen LogP contribution in [0, 0.1) is 0 Å². The molecule has 2 aromatic rings. The number of ketones is 1. The van der Waals surface area contributed by atoms with E-state index in [4.69, 9.17) is 4.74 Å². The van der Waals surface area contributed by atoms with Crippen LogP contribution in [-0.4, -0.2) is 48.0 Å². The van der Waals surface area contributed by atoms with Crippen molar-refractivity contribution in [3.05, 3.63) is 42.0 Å². The van der Waals surface area contributed by atoms with Crippen LogP contribution in [0.4, 0.5) is 0 Å². The van der Waals surface area contributed by atoms with E-state index in [9.17, 15) is 14.7 Å². The molecule has 5 nitrogen and oxygen atoms in total. The molecule has 120 valence electrons. The quantitative estimate of drug-likeness (QED) is 0.693. The molecule has 1 aliphatic rings. The Balaban J connectivity index is 1.67. The molecular weight excluding hydrogens is 294 g/mol. The highest BCUT2D eigenvalue weighted by molar-refractivity contribution is 6.02. The van der Waals surface area contributed by atoms with Crippen LogP contribution in [0.3, 0.4) is 0 Å². The summed E-state index contributed by atoms with van der Waals surface area (Å²) in [5.41, 5.74) is 0.468. The van der Waals surface area contributed by atoms with Gasteiger partial charge in [-0.2, -0.15) is 0 Å². The molecule has 0 aliphatic carbocycles. The highest BCUT2D eigenvalue weighted by atomic mass is 16.5. The number of hydrogen-bond donors (Lipinski definition) is 1. The summed E-state index contributed by atoms with van der Waals surface area (Å²) in [5.74, 6) is -0.404. The fraction of sp³-hybridized carbons (Fsp3) is 0.333. The Morgan fingerprint density at radius 2 is 2.13 bits per heavy atom. The molecule has 0 amide bonds. The SMILES string of the molecule is CN1CCC[C@H]1C(=O)OCC(=O)c1ccc2c(O)cccc2c1. The molecule has 0 saturated carbocycles. The molecular formula is C18H19NO4. The zero-order valence-electron chi connectivity index (χ0n) is 13.0. The van der Waals surface area contributed by atoms with E-state index in [-0.39, 0.29) is 30.2 Å². The van der Waals surface area contributed by atoms with E-state index in [1.54, 1.807) is 30.3 Å². The van der Waals surface area contributed by atoms with E-state index in [1.165, 1.54) is 0 Å². The number of benzene rings is 2. The maximum absolute atomic E-state index is 12.2. The predicted molar refractivity (Wildman–Crippen MR) is 86.6 cm³/mol. The van der Waals surface area contributed by atoms with Crippen LogP contribution in [0.15, 0.2) is 36.4 Å². The molecule has 0 unspecified atom stereocenters. The van der Waals surface area contributed by atoms with Crippen LogP contribution in [-0.2, 0) is 9.53 Å². The second-order valence-corrected chi connectivity index (χ2v) is 5.88. The van der Waals surface area contributed by atoms with Gasteiger partial charge in [0.1, 0.15) is 11.8 Å². The number of esters is 1. The highest BCUT2D eigenvalue weighted by Gasteiger charge is 2.29. The Kier molecular flexibility index (Phi) is 4.30. The predicted octanol–water partition coefficient (Wildman–Crippen LogP) is 2.37. The Bertz CT molecular complexity index is 756. The maximum atomic E-state index is 12.2. The van der Waals surface area contributed by atoms with Crippen molar-refractivity contribution in [2.45, 2.75) is 18.9 Å². The molecule has 0 bridgehead atoms. The van der Waals surface area contributed by atoms with Gasteiger partial charge in [-0.05, 0) is 50.0 Å². The third-order valence-electron chi connectivity index (χ3n) is 4.32. The lowest BCUT2D eigenvalue weighted by Crippen LogP contribution is -2.35. The summed E-state index contributed by atoms with van der Waals surface area (Å²) in [6.07, 6.45) is 1.75. The number of likely N-dealkylation sites (N-methyl/N-ethyl adjacent to an activating group) is 1. The topological polar surface area (TPSA) is 66.8 Å². The lowest BCUT2D eigenvalue weighted by atomic mass is 10.0. The summed E-state index contributed by atoms with van der Waals surface area (Å²) >= 11 is 0. The average molecular weight is 313 g/mol. The fourth-order valence-electron chi connectivity index (χ4n) is 2.96. The molecule has 1 saturated heterocycles. The molecule has 1 aliphatic heterocycles. The smallest absolute Gasteiger partial charge is 0.323 e. The Hall–Kier alpha value is -2.40. The van der Waals surface area contributed by atoms with Crippen molar-refractivity contribution in [1.29, 1.82) is 0 Å². The largest absolute Gasteiger partial charge is 0.507 e. The maximum Gasteiger partial charge on any atom is 0.323 e. The average Bonchev–Trinajstić information content (AvgIpc) is 2.98. The van der Waals surface area contributed by atoms with E-state index in [2.05, 4.69) is 0 Å². The van der Waals surface area contributed by atoms with Crippen LogP contribution >= 0.6 is 0 Å². The van der Waals surface area contributed by atoms with Gasteiger partial charge in [0.25, 0.3) is 0 Å². The van der Waals surface area contributed by atoms with Gasteiger partial charge in [0, 0.05) is 10.9 Å². The van der Waals surface area contributed by atoms with Gasteiger partial charge in [-0.1, -0.05) is 18.2 Å². The second-order valence-electron chi connectivity index (χ2n) is 5.88. The molecule has 5 heteroatoms. The number of rotatable bonds is 4. The van der Waals surface area contributed by atoms with Gasteiger partial charge in [0.2, 0.25) is 0 Å². The molecule has 1 heterocycles. The van der Waals surface area contributed by atoms with Crippen molar-refractivity contribution < 1.29 is 19.4 Å². The van der Waals surface area contributed by atoms with Crippen LogP contribution in [0.5, 0.6) is 5.75 Å². The first-order chi connectivity index (χ1) is 11.1. The molecule has 0 aromatic heterocycles. The molecule has 1 fully saturated rings. The molecule has 0 spiro atoms. The minimum Gasteiger partial charge on any atom is -0.507 e. The monoisotopic (exact) mass is 313 g/mol. The van der Waals surface area contributed by atoms with Crippen molar-refractivity contribution in [1.82, 2.24) is 4.90 Å². The van der Waals surface area contributed by atoms with Gasteiger partial charge in [-0.25, -0.2) is 0 Å². The fourth-order valence-corrected chi connectivity index (χ4v) is 2.96. The van der Waals surface area contributed by atoms with Crippen LogP contribution in [0.25, 0.3) is 10.8 Å². The van der Waals surface area contributed by atoms with Crippen LogP contribution in [0.1, 0.15) is 23.2 Å². The number of carbonyl (C=O) groups is 2. The van der Waals surface area contributed by atoms with Gasteiger partial charge in [-0.3, -0.25) is 14.5 Å². The number of nitrogens with zero attached hydrogens (tertiary/aromatic N) is 1. The third-order valence-corrected chi connectivity index (χ3v) is 4.32. The number of Topliss-reactive ketones (excluding diaryl/α,β-unsaturated/α-hetero) is 1. The van der Waals surface area contributed by atoms with Crippen molar-refractivity contribution in [3.63, 3.8) is 0 Å². The number of hydrogen-bond acceptors (Lipinski definition) is 5. The lowest BCUT2D eigenvalue weighted by Gasteiger charge is -2.17. The first kappa shape index (κ1) is 15.5. The number of phenolic OH excluding ortho intramolecular Hbond substituents is 1. The highest BCUT2D eigenvalue weighted by Crippen LogP contribution is 2.25. The summed E-state index contributed by atoms with van der Waals surface area (Å²) in [7, 11) is 1.89. The number of phenols is 1. The van der Waals surface area contributed by atoms with Gasteiger partial charge in [0.15, 0.2) is 12.4 Å². The Labute approximate surface area is 134 Å². The molecule has 1 atom stereocenters. The summed E-state index contributed by atoms with van der Waals surface area (Å²) in [4.78, 5) is 26.2. The van der Waals surface area contributed by atoms with E-state index < -0.39 is 0 Å². The van der Waals surface area contributed by atoms with E-state index in [0.717, 1.165) is 24.8 Å². The summed E-state index contributed by atoms with van der Waals surface area (Å²) in [6, 6.07) is 9.95. The van der Waals surface area contributed by atoms with Crippen molar-refractivity contribution in [2.75, 3.05) is 20.2 Å². The number of ether oxygens (including phenoxy) is 1. The number of likely N-dealkylation sites (tertiary alicyclic amines) is 1. The minimum atomic E-state index is -0.336. The van der Waals surface area contributed by atoms with Crippen molar-refractivity contribution in [3.8, 4) is 5.75 Å². The number of carbonyl (C=O) groups excluding carboxylic acids is 2. The van der Waals surface area contributed by atoms with Gasteiger partial charge in [-0.15, -0.1) is 0 Å². The van der Waals surface area contributed by atoms with E-state index >= 15 is 0 Å². The van der Waals surface area contributed by atoms with Crippen LogP contribution < -0.4 is 0 Å². The van der Waals surface area contributed by atoms with Crippen LogP contribution in [0.2, 0.25) is 0 Å². The minimum absolute atomic E-state index is 0.178. The van der Waals surface area contributed by atoms with Crippen molar-refractivity contribution in [2.24, 2.45) is 0 Å². The third kappa shape index (κ3) is 3.19. The number of aromatic hydroxyl groups is 1. The first-order valence-corrected chi connectivity index (χ1v) is 7.68. The number of fused-ring (bicyclic) bond motifs is 1. The zero-order chi connectivity index (χ0) is 16.4. The van der Waals surface area contributed by atoms with Gasteiger partial charge < -0.3 is 9.84 Å². The normalized spacial score (nSPS) is 18.2.